The van der Waals surface area contributed by atoms with Crippen molar-refractivity contribution in [3.8, 4) is 5.75 Å². The maximum atomic E-state index is 12.4. The second kappa shape index (κ2) is 8.18. The van der Waals surface area contributed by atoms with Crippen LogP contribution in [0.5, 0.6) is 5.75 Å². The molecular formula is C22H21NO6. The molecule has 0 radical (unpaired) electrons. The van der Waals surface area contributed by atoms with Crippen LogP contribution in [0.3, 0.4) is 0 Å². The Kier molecular flexibility index (Phi) is 5.68. The number of methoxy groups -OCH3 is 1. The number of carbonyl (C=O) groups excluding carboxylic acids is 2. The van der Waals surface area contributed by atoms with Crippen LogP contribution in [-0.4, -0.2) is 25.1 Å². The predicted molar refractivity (Wildman–Crippen MR) is 108 cm³/mol. The summed E-state index contributed by atoms with van der Waals surface area (Å²) in [4.78, 5) is 37.1. The summed E-state index contributed by atoms with van der Waals surface area (Å²) in [5.41, 5.74) is 2.21. The van der Waals surface area contributed by atoms with Crippen molar-refractivity contribution >= 4 is 28.5 Å². The summed E-state index contributed by atoms with van der Waals surface area (Å²) in [7, 11) is 1.49. The average Bonchev–Trinajstić information content (AvgIpc) is 2.68. The van der Waals surface area contributed by atoms with E-state index in [2.05, 4.69) is 5.32 Å². The molecule has 0 unspecified atom stereocenters. The minimum Gasteiger partial charge on any atom is -0.495 e. The van der Waals surface area contributed by atoms with Gasteiger partial charge in [0.25, 0.3) is 5.91 Å². The Morgan fingerprint density at radius 1 is 1.03 bits per heavy atom. The summed E-state index contributed by atoms with van der Waals surface area (Å²) in [6, 6.07) is 11.5. The van der Waals surface area contributed by atoms with Crippen molar-refractivity contribution in [1.82, 2.24) is 0 Å². The molecule has 0 aliphatic carbocycles. The lowest BCUT2D eigenvalue weighted by atomic mass is 10.1. The minimum atomic E-state index is -1.12. The molecule has 1 aromatic heterocycles. The van der Waals surface area contributed by atoms with Crippen molar-refractivity contribution in [2.45, 2.75) is 26.9 Å². The zero-order valence-electron chi connectivity index (χ0n) is 16.6. The summed E-state index contributed by atoms with van der Waals surface area (Å²) in [5.74, 6) is -1.22. The quantitative estimate of drug-likeness (QED) is 0.663. The van der Waals surface area contributed by atoms with Gasteiger partial charge in [-0.2, -0.15) is 0 Å². The number of benzene rings is 2. The third-order valence-corrected chi connectivity index (χ3v) is 4.35. The highest BCUT2D eigenvalue weighted by atomic mass is 16.6. The Balaban J connectivity index is 1.76. The van der Waals surface area contributed by atoms with Gasteiger partial charge < -0.3 is 19.2 Å². The molecule has 3 aromatic rings. The van der Waals surface area contributed by atoms with Gasteiger partial charge in [-0.25, -0.2) is 4.79 Å². The van der Waals surface area contributed by atoms with E-state index < -0.39 is 18.0 Å². The lowest BCUT2D eigenvalue weighted by Crippen LogP contribution is -2.30. The number of aryl methyl sites for hydroxylation is 2. The normalized spacial score (nSPS) is 11.7. The number of amides is 1. The second-order valence-electron chi connectivity index (χ2n) is 6.72. The number of fused-ring (bicyclic) bond motifs is 1. The first-order valence-corrected chi connectivity index (χ1v) is 8.99. The predicted octanol–water partition coefficient (Wildman–Crippen LogP) is 3.60. The van der Waals surface area contributed by atoms with E-state index in [1.165, 1.54) is 14.0 Å². The van der Waals surface area contributed by atoms with Gasteiger partial charge in [0.15, 0.2) is 11.5 Å². The number of ether oxygens (including phenoxy) is 2. The van der Waals surface area contributed by atoms with E-state index in [1.807, 2.05) is 19.9 Å². The highest BCUT2D eigenvalue weighted by Gasteiger charge is 2.22. The highest BCUT2D eigenvalue weighted by molar-refractivity contribution is 5.98. The number of hydrogen-bond donors (Lipinski definition) is 1. The van der Waals surface area contributed by atoms with Crippen LogP contribution in [0.15, 0.2) is 51.7 Å². The van der Waals surface area contributed by atoms with Crippen molar-refractivity contribution in [3.63, 3.8) is 0 Å². The standard InChI is InChI=1S/C22H21NO6/c1-12-5-7-18-15(9-12)17(24)11-20(29-18)22(26)28-14(3)21(25)23-16-10-13(2)6-8-19(16)27-4/h5-11,14H,1-4H3,(H,23,25)/t14-/m0/s1. The Labute approximate surface area is 167 Å². The monoisotopic (exact) mass is 395 g/mol. The van der Waals surface area contributed by atoms with Gasteiger partial charge >= 0.3 is 5.97 Å². The molecule has 7 heteroatoms. The van der Waals surface area contributed by atoms with Crippen molar-refractivity contribution in [2.75, 3.05) is 12.4 Å². The minimum absolute atomic E-state index is 0.265. The van der Waals surface area contributed by atoms with Crippen molar-refractivity contribution in [3.05, 3.63) is 69.6 Å². The summed E-state index contributed by atoms with van der Waals surface area (Å²) in [5, 5.41) is 3.05. The fraction of sp³-hybridized carbons (Fsp3) is 0.227. The molecule has 1 amide bonds. The summed E-state index contributed by atoms with van der Waals surface area (Å²) >= 11 is 0. The highest BCUT2D eigenvalue weighted by Crippen LogP contribution is 2.25. The lowest BCUT2D eigenvalue weighted by Gasteiger charge is -2.15. The number of rotatable bonds is 5. The van der Waals surface area contributed by atoms with Crippen LogP contribution < -0.4 is 15.5 Å². The van der Waals surface area contributed by atoms with Gasteiger partial charge in [0, 0.05) is 6.07 Å². The van der Waals surface area contributed by atoms with Gasteiger partial charge in [0.2, 0.25) is 5.76 Å². The average molecular weight is 395 g/mol. The molecule has 0 saturated heterocycles. The number of carbonyl (C=O) groups is 2. The maximum absolute atomic E-state index is 12.4. The van der Waals surface area contributed by atoms with Gasteiger partial charge in [0.05, 0.1) is 18.2 Å². The number of hydrogen-bond acceptors (Lipinski definition) is 6. The van der Waals surface area contributed by atoms with Gasteiger partial charge in [-0.15, -0.1) is 0 Å². The fourth-order valence-corrected chi connectivity index (χ4v) is 2.80. The molecule has 150 valence electrons. The Morgan fingerprint density at radius 3 is 2.45 bits per heavy atom. The fourth-order valence-electron chi connectivity index (χ4n) is 2.80. The third-order valence-electron chi connectivity index (χ3n) is 4.35. The summed E-state index contributed by atoms with van der Waals surface area (Å²) < 4.78 is 15.9. The zero-order valence-corrected chi connectivity index (χ0v) is 16.6. The zero-order chi connectivity index (χ0) is 21.1. The maximum Gasteiger partial charge on any atom is 0.375 e. The SMILES string of the molecule is COc1ccc(C)cc1NC(=O)[C@H](C)OC(=O)c1cc(=O)c2cc(C)ccc2o1. The molecule has 1 heterocycles. The van der Waals surface area contributed by atoms with Gasteiger partial charge in [-0.3, -0.25) is 9.59 Å². The number of esters is 1. The van der Waals surface area contributed by atoms with Crippen LogP contribution >= 0.6 is 0 Å². The van der Waals surface area contributed by atoms with Crippen molar-refractivity contribution in [1.29, 1.82) is 0 Å². The van der Waals surface area contributed by atoms with E-state index in [1.54, 1.807) is 30.3 Å². The molecular weight excluding hydrogens is 374 g/mol. The van der Waals surface area contributed by atoms with Crippen LogP contribution in [0.25, 0.3) is 11.0 Å². The van der Waals surface area contributed by atoms with Gasteiger partial charge in [0.1, 0.15) is 11.3 Å². The van der Waals surface area contributed by atoms with E-state index in [0.29, 0.717) is 16.8 Å². The van der Waals surface area contributed by atoms with Crippen molar-refractivity contribution < 1.29 is 23.5 Å². The van der Waals surface area contributed by atoms with Gasteiger partial charge in [-0.1, -0.05) is 17.7 Å². The molecule has 0 spiro atoms. The summed E-state index contributed by atoms with van der Waals surface area (Å²) in [6.45, 7) is 5.16. The Morgan fingerprint density at radius 2 is 1.72 bits per heavy atom. The Hall–Kier alpha value is -3.61. The first-order chi connectivity index (χ1) is 13.8. The first-order valence-electron chi connectivity index (χ1n) is 8.99. The third kappa shape index (κ3) is 4.45. The Bertz CT molecular complexity index is 1150. The largest absolute Gasteiger partial charge is 0.495 e. The van der Waals surface area contributed by atoms with E-state index in [-0.39, 0.29) is 16.8 Å². The molecule has 1 N–H and O–H groups in total. The smallest absolute Gasteiger partial charge is 0.375 e. The van der Waals surface area contributed by atoms with E-state index in [4.69, 9.17) is 13.9 Å². The molecule has 0 saturated carbocycles. The molecule has 2 aromatic carbocycles. The van der Waals surface area contributed by atoms with Crippen LogP contribution in [-0.2, 0) is 9.53 Å². The molecule has 0 bridgehead atoms. The molecule has 0 aliphatic heterocycles. The molecule has 0 fully saturated rings. The lowest BCUT2D eigenvalue weighted by molar-refractivity contribution is -0.123. The first kappa shape index (κ1) is 20.1. The topological polar surface area (TPSA) is 94.8 Å². The van der Waals surface area contributed by atoms with Crippen LogP contribution in [0.2, 0.25) is 0 Å². The van der Waals surface area contributed by atoms with E-state index >= 15 is 0 Å². The van der Waals surface area contributed by atoms with Gasteiger partial charge in [-0.05, 0) is 50.6 Å². The van der Waals surface area contributed by atoms with E-state index in [0.717, 1.165) is 17.2 Å². The van der Waals surface area contributed by atoms with Crippen LogP contribution in [0.4, 0.5) is 5.69 Å². The molecule has 7 nitrogen and oxygen atoms in total. The van der Waals surface area contributed by atoms with E-state index in [9.17, 15) is 14.4 Å². The molecule has 1 atom stereocenters. The molecule has 0 aliphatic rings. The van der Waals surface area contributed by atoms with Crippen LogP contribution in [0, 0.1) is 13.8 Å². The molecule has 29 heavy (non-hydrogen) atoms. The number of anilines is 1. The molecule has 3 rings (SSSR count). The number of nitrogens with one attached hydrogen (secondary N) is 1. The second-order valence-corrected chi connectivity index (χ2v) is 6.72. The van der Waals surface area contributed by atoms with Crippen molar-refractivity contribution in [2.24, 2.45) is 0 Å². The summed E-state index contributed by atoms with van der Waals surface area (Å²) in [6.07, 6.45) is -1.12. The van der Waals surface area contributed by atoms with Crippen LogP contribution in [0.1, 0.15) is 28.6 Å².